The number of aliphatic hydroxyl groups is 2. The summed E-state index contributed by atoms with van der Waals surface area (Å²) in [6, 6.07) is 9.40. The average Bonchev–Trinajstić information content (AvgIpc) is 3.66. The van der Waals surface area contributed by atoms with E-state index in [2.05, 4.69) is 13.0 Å². The first kappa shape index (κ1) is 29.1. The molecule has 3 unspecified atom stereocenters. The van der Waals surface area contributed by atoms with Crippen LogP contribution in [0.2, 0.25) is 0 Å². The second-order valence-electron chi connectivity index (χ2n) is 12.7. The molecule has 228 valence electrons. The molecule has 8 nitrogen and oxygen atoms in total. The van der Waals surface area contributed by atoms with E-state index in [-0.39, 0.29) is 36.0 Å². The molecule has 2 aromatic heterocycles. The second-order valence-corrected chi connectivity index (χ2v) is 12.7. The van der Waals surface area contributed by atoms with Crippen molar-refractivity contribution in [1.29, 1.82) is 0 Å². The van der Waals surface area contributed by atoms with Gasteiger partial charge in [0.2, 0.25) is 23.1 Å². The van der Waals surface area contributed by atoms with Gasteiger partial charge in [-0.05, 0) is 71.9 Å². The smallest absolute Gasteiger partial charge is 0.237 e. The van der Waals surface area contributed by atoms with Crippen LogP contribution in [-0.4, -0.2) is 40.0 Å². The van der Waals surface area contributed by atoms with Crippen LogP contribution in [0, 0.1) is 31.1 Å². The molecule has 0 bridgehead atoms. The first-order valence-corrected chi connectivity index (χ1v) is 15.1. The van der Waals surface area contributed by atoms with E-state index in [9.17, 15) is 29.4 Å². The molecule has 1 saturated carbocycles. The lowest BCUT2D eigenvalue weighted by Crippen LogP contribution is -2.43. The van der Waals surface area contributed by atoms with Gasteiger partial charge in [-0.3, -0.25) is 19.2 Å². The number of hydrogen-bond acceptors (Lipinski definition) is 8. The Hall–Kier alpha value is -4.66. The summed E-state index contributed by atoms with van der Waals surface area (Å²) in [4.78, 5) is 50.3. The van der Waals surface area contributed by atoms with Crippen LogP contribution >= 0.6 is 0 Å². The van der Waals surface area contributed by atoms with Crippen LogP contribution < -0.4 is 0 Å². The Balaban J connectivity index is 0.000000145. The molecule has 45 heavy (non-hydrogen) atoms. The molecule has 4 aliphatic carbocycles. The fourth-order valence-electron chi connectivity index (χ4n) is 7.70. The highest BCUT2D eigenvalue weighted by molar-refractivity contribution is 6.55. The lowest BCUT2D eigenvalue weighted by molar-refractivity contribution is -0.113. The maximum Gasteiger partial charge on any atom is 0.237 e. The highest BCUT2D eigenvalue weighted by Gasteiger charge is 2.49. The zero-order valence-corrected chi connectivity index (χ0v) is 25.2. The Morgan fingerprint density at radius 2 is 1.56 bits per heavy atom. The van der Waals surface area contributed by atoms with Crippen molar-refractivity contribution in [2.45, 2.75) is 46.6 Å². The summed E-state index contributed by atoms with van der Waals surface area (Å²) < 4.78 is 11.1. The Morgan fingerprint density at radius 1 is 0.822 bits per heavy atom. The topological polar surface area (TPSA) is 135 Å². The van der Waals surface area contributed by atoms with Crippen molar-refractivity contribution in [3.8, 4) is 11.3 Å². The molecule has 4 aromatic rings. The Morgan fingerprint density at radius 3 is 2.31 bits per heavy atom. The molecule has 8 heteroatoms. The molecule has 2 aromatic carbocycles. The molecular formula is C37H32O8. The molecule has 8 rings (SSSR count). The zero-order chi connectivity index (χ0) is 31.8. The number of fused-ring (bicyclic) bond motifs is 9. The lowest BCUT2D eigenvalue weighted by Gasteiger charge is -2.46. The number of allylic oxidation sites excluding steroid dienone is 4. The Labute approximate surface area is 259 Å². The summed E-state index contributed by atoms with van der Waals surface area (Å²) >= 11 is 0. The van der Waals surface area contributed by atoms with E-state index in [0.717, 1.165) is 41.2 Å². The highest BCUT2D eigenvalue weighted by Crippen LogP contribution is 2.53. The van der Waals surface area contributed by atoms with Crippen LogP contribution in [0.5, 0.6) is 0 Å². The molecular weight excluding hydrogens is 572 g/mol. The number of ketones is 4. The number of rotatable bonds is 2. The van der Waals surface area contributed by atoms with E-state index >= 15 is 0 Å². The number of Topliss-reactive ketones (excluding diaryl/α,β-unsaturated/α-hetero) is 4. The van der Waals surface area contributed by atoms with Crippen molar-refractivity contribution in [2.75, 3.05) is 6.61 Å². The molecule has 0 saturated heterocycles. The van der Waals surface area contributed by atoms with Gasteiger partial charge >= 0.3 is 0 Å². The van der Waals surface area contributed by atoms with Gasteiger partial charge in [0.05, 0.1) is 30.3 Å². The maximum absolute atomic E-state index is 12.8. The Bertz CT molecular complexity index is 2030. The summed E-state index contributed by atoms with van der Waals surface area (Å²) in [5, 5.41) is 20.9. The second kappa shape index (κ2) is 10.5. The first-order valence-electron chi connectivity index (χ1n) is 15.1. The van der Waals surface area contributed by atoms with Gasteiger partial charge < -0.3 is 19.0 Å². The van der Waals surface area contributed by atoms with E-state index < -0.39 is 23.1 Å². The third kappa shape index (κ3) is 4.12. The van der Waals surface area contributed by atoms with Crippen molar-refractivity contribution >= 4 is 39.5 Å². The third-order valence-corrected chi connectivity index (χ3v) is 10.1. The van der Waals surface area contributed by atoms with Crippen LogP contribution in [-0.2, 0) is 11.4 Å². The van der Waals surface area contributed by atoms with Crippen LogP contribution in [0.3, 0.4) is 0 Å². The van der Waals surface area contributed by atoms with Gasteiger partial charge in [0.25, 0.3) is 0 Å². The lowest BCUT2D eigenvalue weighted by atomic mass is 9.57. The molecule has 0 aliphatic heterocycles. The number of aryl methyl sites for hydroxylation is 2. The zero-order valence-electron chi connectivity index (χ0n) is 25.2. The van der Waals surface area contributed by atoms with Crippen molar-refractivity contribution in [3.05, 3.63) is 99.7 Å². The maximum atomic E-state index is 12.8. The van der Waals surface area contributed by atoms with Gasteiger partial charge in [-0.15, -0.1) is 0 Å². The van der Waals surface area contributed by atoms with Crippen molar-refractivity contribution in [1.82, 2.24) is 0 Å². The molecule has 2 N–H and O–H groups in total. The number of carbonyl (C=O) groups is 4. The number of carbonyl (C=O) groups excluding carboxylic acids is 4. The molecule has 0 amide bonds. The monoisotopic (exact) mass is 604 g/mol. The number of aliphatic hydroxyl groups excluding tert-OH is 2. The Kier molecular flexibility index (Phi) is 6.76. The van der Waals surface area contributed by atoms with E-state index in [0.29, 0.717) is 44.9 Å². The minimum atomic E-state index is -0.616. The summed E-state index contributed by atoms with van der Waals surface area (Å²) in [5.41, 5.74) is 4.83. The van der Waals surface area contributed by atoms with E-state index in [1.807, 2.05) is 37.3 Å². The fourth-order valence-corrected chi connectivity index (χ4v) is 7.70. The number of benzene rings is 2. The SMILES string of the molecule is Cc1cccc2c3c(ccc12)-c1occ(CO)c1C(=O)C3=O.Cc1coc2c1C(=O)C(=O)C1=C2C=CC2C1CCCC2(C)CO. The van der Waals surface area contributed by atoms with Gasteiger partial charge in [0, 0.05) is 34.4 Å². The van der Waals surface area contributed by atoms with Gasteiger partial charge in [-0.2, -0.15) is 0 Å². The van der Waals surface area contributed by atoms with Crippen molar-refractivity contribution in [2.24, 2.45) is 17.3 Å². The largest absolute Gasteiger partial charge is 0.463 e. The van der Waals surface area contributed by atoms with E-state index in [4.69, 9.17) is 8.83 Å². The van der Waals surface area contributed by atoms with Crippen LogP contribution in [0.1, 0.15) is 79.7 Å². The van der Waals surface area contributed by atoms with Crippen LogP contribution in [0.25, 0.3) is 27.7 Å². The molecule has 3 atom stereocenters. The normalized spacial score (nSPS) is 23.2. The van der Waals surface area contributed by atoms with Crippen molar-refractivity contribution < 1.29 is 38.2 Å². The summed E-state index contributed by atoms with van der Waals surface area (Å²) in [6.07, 6.45) is 9.66. The van der Waals surface area contributed by atoms with Gasteiger partial charge in [-0.1, -0.05) is 49.8 Å². The first-order chi connectivity index (χ1) is 21.6. The van der Waals surface area contributed by atoms with Gasteiger partial charge in [-0.25, -0.2) is 0 Å². The standard InChI is InChI=1S/C19H20O4.C18H12O4/c1-10-8-23-18-12-5-6-13-11(4-3-7-19(13,2)9-20)15(12)17(22)16(21)14(10)18;1-9-3-2-4-12-11(9)5-6-13-15(12)17(21)16(20)14-10(7-19)8-22-18(13)14/h5-6,8,11,13,20H,3-4,7,9H2,1-2H3;2-6,8,19H,7H2,1H3. The van der Waals surface area contributed by atoms with Crippen LogP contribution in [0.15, 0.2) is 69.4 Å². The average molecular weight is 605 g/mol. The van der Waals surface area contributed by atoms with Gasteiger partial charge in [0.1, 0.15) is 11.5 Å². The number of furan rings is 2. The molecule has 0 radical (unpaired) electrons. The minimum absolute atomic E-state index is 0.00379. The number of hydrogen-bond donors (Lipinski definition) is 2. The summed E-state index contributed by atoms with van der Waals surface area (Å²) in [7, 11) is 0. The molecule has 2 heterocycles. The summed E-state index contributed by atoms with van der Waals surface area (Å²) in [5.74, 6) is -1.01. The van der Waals surface area contributed by atoms with Gasteiger partial charge in [0.15, 0.2) is 0 Å². The minimum Gasteiger partial charge on any atom is -0.463 e. The summed E-state index contributed by atoms with van der Waals surface area (Å²) in [6.45, 7) is 5.58. The predicted molar refractivity (Wildman–Crippen MR) is 166 cm³/mol. The third-order valence-electron chi connectivity index (χ3n) is 10.1. The fraction of sp³-hybridized carbons (Fsp3) is 0.297. The highest BCUT2D eigenvalue weighted by atomic mass is 16.3. The molecule has 1 fully saturated rings. The van der Waals surface area contributed by atoms with Crippen LogP contribution in [0.4, 0.5) is 0 Å². The quantitative estimate of drug-likeness (QED) is 0.252. The van der Waals surface area contributed by atoms with Crippen molar-refractivity contribution in [3.63, 3.8) is 0 Å². The molecule has 0 spiro atoms. The van der Waals surface area contributed by atoms with E-state index in [1.54, 1.807) is 19.3 Å². The predicted octanol–water partition coefficient (Wildman–Crippen LogP) is 6.37. The molecule has 4 aliphatic rings. The van der Waals surface area contributed by atoms with E-state index in [1.165, 1.54) is 6.26 Å².